The molecule has 1 aliphatic heterocycles. The van der Waals surface area contributed by atoms with Gasteiger partial charge in [-0.1, -0.05) is 41.5 Å². The first-order valence-corrected chi connectivity index (χ1v) is 5.61. The van der Waals surface area contributed by atoms with E-state index in [2.05, 4.69) is 27.7 Å². The van der Waals surface area contributed by atoms with E-state index in [4.69, 9.17) is 4.74 Å². The van der Waals surface area contributed by atoms with Crippen molar-refractivity contribution < 1.29 is 4.74 Å². The summed E-state index contributed by atoms with van der Waals surface area (Å²) in [4.78, 5) is 0. The molecule has 0 aromatic rings. The summed E-state index contributed by atoms with van der Waals surface area (Å²) < 4.78 is 5.64. The highest BCUT2D eigenvalue weighted by Crippen LogP contribution is 2.30. The molecule has 1 rings (SSSR count). The van der Waals surface area contributed by atoms with Crippen LogP contribution in [0, 0.1) is 11.3 Å². The van der Waals surface area contributed by atoms with Gasteiger partial charge in [0, 0.05) is 6.61 Å². The second-order valence-corrected chi connectivity index (χ2v) is 4.94. The summed E-state index contributed by atoms with van der Waals surface area (Å²) in [6.45, 7) is 14.1. The molecule has 0 radical (unpaired) electrons. The molecule has 0 N–H and O–H groups in total. The van der Waals surface area contributed by atoms with Crippen molar-refractivity contribution in [1.82, 2.24) is 0 Å². The van der Waals surface area contributed by atoms with Crippen molar-refractivity contribution in [2.75, 3.05) is 6.61 Å². The molecule has 0 saturated carbocycles. The summed E-state index contributed by atoms with van der Waals surface area (Å²) in [5.74, 6) is 0.772. The zero-order chi connectivity index (χ0) is 10.5. The minimum atomic E-state index is 0.420. The Kier molecular flexibility index (Phi) is 5.62. The summed E-state index contributed by atoms with van der Waals surface area (Å²) in [6.07, 6.45) is 2.98. The van der Waals surface area contributed by atoms with E-state index >= 15 is 0 Å². The minimum Gasteiger partial charge on any atom is -0.378 e. The lowest BCUT2D eigenvalue weighted by atomic mass is 9.85. The van der Waals surface area contributed by atoms with Crippen molar-refractivity contribution in [2.45, 2.75) is 60.5 Å². The van der Waals surface area contributed by atoms with Crippen LogP contribution in [-0.2, 0) is 4.74 Å². The molecular formula is C12H26O. The molecule has 0 spiro atoms. The van der Waals surface area contributed by atoms with Crippen LogP contribution in [0.3, 0.4) is 0 Å². The lowest BCUT2D eigenvalue weighted by Crippen LogP contribution is -2.21. The van der Waals surface area contributed by atoms with Gasteiger partial charge in [-0.15, -0.1) is 0 Å². The average molecular weight is 186 g/mol. The standard InChI is InChI=1S/C10H20O.C2H6/c1-8-5-6-11-9(8)7-10(2,3)4;1-2/h8-9H,5-7H2,1-4H3;1-2H3/t8-,9?;/m0./s1. The summed E-state index contributed by atoms with van der Waals surface area (Å²) in [7, 11) is 0. The molecule has 0 aromatic heterocycles. The predicted molar refractivity (Wildman–Crippen MR) is 58.9 cm³/mol. The zero-order valence-corrected chi connectivity index (χ0v) is 10.2. The van der Waals surface area contributed by atoms with Crippen molar-refractivity contribution in [1.29, 1.82) is 0 Å². The minimum absolute atomic E-state index is 0.420. The van der Waals surface area contributed by atoms with E-state index in [1.165, 1.54) is 12.8 Å². The monoisotopic (exact) mass is 186 g/mol. The van der Waals surface area contributed by atoms with E-state index in [1.54, 1.807) is 0 Å². The maximum atomic E-state index is 5.64. The smallest absolute Gasteiger partial charge is 0.0606 e. The first kappa shape index (κ1) is 13.0. The van der Waals surface area contributed by atoms with Crippen LogP contribution in [0.4, 0.5) is 0 Å². The second-order valence-electron chi connectivity index (χ2n) is 4.94. The number of rotatable bonds is 1. The van der Waals surface area contributed by atoms with Gasteiger partial charge in [-0.25, -0.2) is 0 Å². The molecule has 1 saturated heterocycles. The Bertz CT molecular complexity index is 124. The zero-order valence-electron chi connectivity index (χ0n) is 10.2. The van der Waals surface area contributed by atoms with Crippen LogP contribution in [0.5, 0.6) is 0 Å². The van der Waals surface area contributed by atoms with Crippen molar-refractivity contribution in [3.8, 4) is 0 Å². The Balaban J connectivity index is 0.000000671. The Morgan fingerprint density at radius 3 is 2.08 bits per heavy atom. The molecule has 0 aromatic carbocycles. The van der Waals surface area contributed by atoms with Crippen LogP contribution < -0.4 is 0 Å². The number of hydrogen-bond acceptors (Lipinski definition) is 1. The topological polar surface area (TPSA) is 9.23 Å². The van der Waals surface area contributed by atoms with E-state index in [9.17, 15) is 0 Å². The lowest BCUT2D eigenvalue weighted by Gasteiger charge is -2.24. The Morgan fingerprint density at radius 2 is 1.77 bits per heavy atom. The largest absolute Gasteiger partial charge is 0.378 e. The third-order valence-electron chi connectivity index (χ3n) is 2.35. The molecule has 1 nitrogen and oxygen atoms in total. The van der Waals surface area contributed by atoms with E-state index in [0.29, 0.717) is 11.5 Å². The first-order valence-electron chi connectivity index (χ1n) is 5.61. The highest BCUT2D eigenvalue weighted by Gasteiger charge is 2.28. The third kappa shape index (κ3) is 5.30. The molecule has 1 heteroatoms. The van der Waals surface area contributed by atoms with Crippen LogP contribution in [0.2, 0.25) is 0 Å². The number of hydrogen-bond donors (Lipinski definition) is 0. The Morgan fingerprint density at radius 1 is 1.23 bits per heavy atom. The molecule has 1 fully saturated rings. The van der Waals surface area contributed by atoms with Crippen molar-refractivity contribution in [3.05, 3.63) is 0 Å². The average Bonchev–Trinajstić information content (AvgIpc) is 2.38. The SMILES string of the molecule is CC.C[C@H]1CCOC1CC(C)(C)C. The van der Waals surface area contributed by atoms with Gasteiger partial charge in [0.1, 0.15) is 0 Å². The molecule has 0 amide bonds. The molecular weight excluding hydrogens is 160 g/mol. The van der Waals surface area contributed by atoms with Gasteiger partial charge in [0.25, 0.3) is 0 Å². The maximum absolute atomic E-state index is 5.64. The van der Waals surface area contributed by atoms with E-state index in [1.807, 2.05) is 13.8 Å². The second kappa shape index (κ2) is 5.64. The maximum Gasteiger partial charge on any atom is 0.0606 e. The summed E-state index contributed by atoms with van der Waals surface area (Å²) >= 11 is 0. The highest BCUT2D eigenvalue weighted by atomic mass is 16.5. The van der Waals surface area contributed by atoms with Crippen LogP contribution >= 0.6 is 0 Å². The summed E-state index contributed by atoms with van der Waals surface area (Å²) in [5, 5.41) is 0. The van der Waals surface area contributed by atoms with Gasteiger partial charge < -0.3 is 4.74 Å². The summed E-state index contributed by atoms with van der Waals surface area (Å²) in [6, 6.07) is 0. The van der Waals surface area contributed by atoms with Gasteiger partial charge in [0.2, 0.25) is 0 Å². The summed E-state index contributed by atoms with van der Waals surface area (Å²) in [5.41, 5.74) is 0.420. The molecule has 0 aliphatic carbocycles. The molecule has 13 heavy (non-hydrogen) atoms. The van der Waals surface area contributed by atoms with Gasteiger partial charge in [-0.2, -0.15) is 0 Å². The molecule has 1 unspecified atom stereocenters. The normalized spacial score (nSPS) is 28.2. The fourth-order valence-electron chi connectivity index (χ4n) is 1.62. The fraction of sp³-hybridized carbons (Fsp3) is 1.00. The molecule has 1 heterocycles. The quantitative estimate of drug-likeness (QED) is 0.604. The first-order chi connectivity index (χ1) is 5.99. The van der Waals surface area contributed by atoms with E-state index in [-0.39, 0.29) is 0 Å². The van der Waals surface area contributed by atoms with Crippen LogP contribution in [-0.4, -0.2) is 12.7 Å². The Labute approximate surface area is 83.9 Å². The molecule has 1 aliphatic rings. The van der Waals surface area contributed by atoms with Crippen LogP contribution in [0.25, 0.3) is 0 Å². The van der Waals surface area contributed by atoms with Gasteiger partial charge in [0.15, 0.2) is 0 Å². The van der Waals surface area contributed by atoms with E-state index < -0.39 is 0 Å². The number of ether oxygens (including phenoxy) is 1. The van der Waals surface area contributed by atoms with Crippen molar-refractivity contribution in [2.24, 2.45) is 11.3 Å². The molecule has 80 valence electrons. The predicted octanol–water partition coefficient (Wildman–Crippen LogP) is 3.87. The third-order valence-corrected chi connectivity index (χ3v) is 2.35. The van der Waals surface area contributed by atoms with Gasteiger partial charge in [0.05, 0.1) is 6.10 Å². The Hall–Kier alpha value is -0.0400. The van der Waals surface area contributed by atoms with Crippen molar-refractivity contribution >= 4 is 0 Å². The van der Waals surface area contributed by atoms with Gasteiger partial charge >= 0.3 is 0 Å². The van der Waals surface area contributed by atoms with Crippen LogP contribution in [0.1, 0.15) is 54.4 Å². The molecule has 0 bridgehead atoms. The van der Waals surface area contributed by atoms with Crippen LogP contribution in [0.15, 0.2) is 0 Å². The molecule has 2 atom stereocenters. The van der Waals surface area contributed by atoms with Gasteiger partial charge in [-0.3, -0.25) is 0 Å². The fourth-order valence-corrected chi connectivity index (χ4v) is 1.62. The highest BCUT2D eigenvalue weighted by molar-refractivity contribution is 4.77. The van der Waals surface area contributed by atoms with Crippen molar-refractivity contribution in [3.63, 3.8) is 0 Å². The lowest BCUT2D eigenvalue weighted by molar-refractivity contribution is 0.0595. The van der Waals surface area contributed by atoms with E-state index in [0.717, 1.165) is 12.5 Å². The van der Waals surface area contributed by atoms with Gasteiger partial charge in [-0.05, 0) is 24.2 Å².